The number of piperidine rings is 1. The monoisotopic (exact) mass is 267 g/mol. The SMILES string of the molecule is CCC(CN)CCN1CCC(CN2CCCC2)CC1. The molecule has 0 aromatic rings. The maximum atomic E-state index is 5.79. The van der Waals surface area contributed by atoms with Crippen LogP contribution in [-0.4, -0.2) is 55.6 Å². The third kappa shape index (κ3) is 5.05. The number of hydrogen-bond acceptors (Lipinski definition) is 3. The minimum Gasteiger partial charge on any atom is -0.330 e. The fourth-order valence-electron chi connectivity index (χ4n) is 3.58. The van der Waals surface area contributed by atoms with Crippen LogP contribution in [0.25, 0.3) is 0 Å². The van der Waals surface area contributed by atoms with Gasteiger partial charge in [0.05, 0.1) is 0 Å². The zero-order chi connectivity index (χ0) is 13.5. The first kappa shape index (κ1) is 15.3. The molecule has 3 heteroatoms. The Morgan fingerprint density at radius 2 is 1.74 bits per heavy atom. The minimum atomic E-state index is 0.738. The van der Waals surface area contributed by atoms with Crippen molar-refractivity contribution >= 4 is 0 Å². The molecule has 0 aromatic heterocycles. The molecule has 2 rings (SSSR count). The molecule has 2 aliphatic rings. The van der Waals surface area contributed by atoms with Gasteiger partial charge in [0, 0.05) is 6.54 Å². The summed E-state index contributed by atoms with van der Waals surface area (Å²) in [5.74, 6) is 1.70. The molecule has 19 heavy (non-hydrogen) atoms. The van der Waals surface area contributed by atoms with Crippen LogP contribution in [0, 0.1) is 11.8 Å². The van der Waals surface area contributed by atoms with Gasteiger partial charge in [-0.15, -0.1) is 0 Å². The van der Waals surface area contributed by atoms with Crippen molar-refractivity contribution in [1.82, 2.24) is 9.80 Å². The van der Waals surface area contributed by atoms with Crippen molar-refractivity contribution in [3.05, 3.63) is 0 Å². The van der Waals surface area contributed by atoms with Gasteiger partial charge in [0.1, 0.15) is 0 Å². The topological polar surface area (TPSA) is 32.5 Å². The van der Waals surface area contributed by atoms with E-state index in [1.165, 1.54) is 77.8 Å². The van der Waals surface area contributed by atoms with Gasteiger partial charge in [0.25, 0.3) is 0 Å². The van der Waals surface area contributed by atoms with Crippen molar-refractivity contribution in [2.24, 2.45) is 17.6 Å². The zero-order valence-corrected chi connectivity index (χ0v) is 12.8. The lowest BCUT2D eigenvalue weighted by Crippen LogP contribution is -2.39. The summed E-state index contributed by atoms with van der Waals surface area (Å²) in [6.07, 6.45) is 8.21. The Kier molecular flexibility index (Phi) is 6.62. The second-order valence-corrected chi connectivity index (χ2v) is 6.59. The highest BCUT2D eigenvalue weighted by Gasteiger charge is 2.22. The molecule has 1 unspecified atom stereocenters. The Hall–Kier alpha value is -0.120. The van der Waals surface area contributed by atoms with Crippen molar-refractivity contribution in [2.75, 3.05) is 45.8 Å². The molecule has 1 atom stereocenters. The fraction of sp³-hybridized carbons (Fsp3) is 1.00. The van der Waals surface area contributed by atoms with Crippen molar-refractivity contribution in [3.8, 4) is 0 Å². The molecule has 2 aliphatic heterocycles. The number of nitrogens with zero attached hydrogens (tertiary/aromatic N) is 2. The van der Waals surface area contributed by atoms with Gasteiger partial charge in [0.15, 0.2) is 0 Å². The highest BCUT2D eigenvalue weighted by molar-refractivity contribution is 4.77. The molecule has 0 spiro atoms. The third-order valence-corrected chi connectivity index (χ3v) is 5.19. The van der Waals surface area contributed by atoms with Gasteiger partial charge < -0.3 is 15.5 Å². The highest BCUT2D eigenvalue weighted by Crippen LogP contribution is 2.21. The van der Waals surface area contributed by atoms with E-state index in [2.05, 4.69) is 16.7 Å². The van der Waals surface area contributed by atoms with E-state index in [9.17, 15) is 0 Å². The van der Waals surface area contributed by atoms with Gasteiger partial charge in [-0.2, -0.15) is 0 Å². The second-order valence-electron chi connectivity index (χ2n) is 6.59. The van der Waals surface area contributed by atoms with E-state index < -0.39 is 0 Å². The van der Waals surface area contributed by atoms with Crippen molar-refractivity contribution in [3.63, 3.8) is 0 Å². The quantitative estimate of drug-likeness (QED) is 0.767. The van der Waals surface area contributed by atoms with Crippen molar-refractivity contribution < 1.29 is 0 Å². The molecular weight excluding hydrogens is 234 g/mol. The van der Waals surface area contributed by atoms with E-state index in [1.54, 1.807) is 0 Å². The lowest BCUT2D eigenvalue weighted by Gasteiger charge is -2.34. The summed E-state index contributed by atoms with van der Waals surface area (Å²) in [6, 6.07) is 0. The van der Waals surface area contributed by atoms with Crippen LogP contribution in [0.1, 0.15) is 45.4 Å². The summed E-state index contributed by atoms with van der Waals surface area (Å²) in [4.78, 5) is 5.35. The molecule has 3 nitrogen and oxygen atoms in total. The van der Waals surface area contributed by atoms with E-state index in [0.717, 1.165) is 18.4 Å². The normalized spacial score (nSPS) is 24.9. The molecule has 112 valence electrons. The number of nitrogens with two attached hydrogens (primary N) is 1. The van der Waals surface area contributed by atoms with Crippen LogP contribution in [0.3, 0.4) is 0 Å². The number of likely N-dealkylation sites (tertiary alicyclic amines) is 2. The van der Waals surface area contributed by atoms with Gasteiger partial charge in [-0.3, -0.25) is 0 Å². The summed E-state index contributed by atoms with van der Waals surface area (Å²) in [5, 5.41) is 0. The Morgan fingerprint density at radius 1 is 1.05 bits per heavy atom. The van der Waals surface area contributed by atoms with Gasteiger partial charge in [-0.05, 0) is 83.2 Å². The molecule has 0 aromatic carbocycles. The Bertz CT molecular complexity index is 226. The van der Waals surface area contributed by atoms with Crippen molar-refractivity contribution in [2.45, 2.75) is 45.4 Å². The first-order chi connectivity index (χ1) is 9.31. The zero-order valence-electron chi connectivity index (χ0n) is 12.8. The molecular formula is C16H33N3. The maximum absolute atomic E-state index is 5.79. The van der Waals surface area contributed by atoms with Crippen LogP contribution in [-0.2, 0) is 0 Å². The summed E-state index contributed by atoms with van der Waals surface area (Å²) in [6.45, 7) is 11.1. The molecule has 0 bridgehead atoms. The largest absolute Gasteiger partial charge is 0.330 e. The lowest BCUT2D eigenvalue weighted by atomic mass is 9.95. The number of rotatable bonds is 7. The van der Waals surface area contributed by atoms with Crippen LogP contribution in [0.5, 0.6) is 0 Å². The lowest BCUT2D eigenvalue weighted by molar-refractivity contribution is 0.147. The Labute approximate surface area is 119 Å². The number of hydrogen-bond donors (Lipinski definition) is 1. The van der Waals surface area contributed by atoms with Gasteiger partial charge in [-0.25, -0.2) is 0 Å². The van der Waals surface area contributed by atoms with E-state index in [1.807, 2.05) is 0 Å². The minimum absolute atomic E-state index is 0.738. The van der Waals surface area contributed by atoms with E-state index in [0.29, 0.717) is 0 Å². The molecule has 0 aliphatic carbocycles. The first-order valence-corrected chi connectivity index (χ1v) is 8.46. The van der Waals surface area contributed by atoms with Crippen LogP contribution in [0.4, 0.5) is 0 Å². The Balaban J connectivity index is 1.59. The van der Waals surface area contributed by atoms with Crippen LogP contribution >= 0.6 is 0 Å². The molecule has 2 saturated heterocycles. The highest BCUT2D eigenvalue weighted by atomic mass is 15.2. The summed E-state index contributed by atoms with van der Waals surface area (Å²) in [7, 11) is 0. The van der Waals surface area contributed by atoms with Crippen LogP contribution in [0.15, 0.2) is 0 Å². The standard InChI is InChI=1S/C16H33N3/c1-2-15(13-17)5-10-18-11-6-16(7-12-18)14-19-8-3-4-9-19/h15-16H,2-14,17H2,1H3. The summed E-state index contributed by atoms with van der Waals surface area (Å²) < 4.78 is 0. The smallest absolute Gasteiger partial charge is 0.00106 e. The predicted molar refractivity (Wildman–Crippen MR) is 82.3 cm³/mol. The van der Waals surface area contributed by atoms with Crippen LogP contribution in [0.2, 0.25) is 0 Å². The van der Waals surface area contributed by atoms with Crippen molar-refractivity contribution in [1.29, 1.82) is 0 Å². The molecule has 2 heterocycles. The van der Waals surface area contributed by atoms with Gasteiger partial charge in [0.2, 0.25) is 0 Å². The molecule has 0 amide bonds. The average molecular weight is 267 g/mol. The molecule has 2 fully saturated rings. The predicted octanol–water partition coefficient (Wildman–Crippen LogP) is 2.17. The van der Waals surface area contributed by atoms with E-state index >= 15 is 0 Å². The van der Waals surface area contributed by atoms with Crippen LogP contribution < -0.4 is 5.73 Å². The van der Waals surface area contributed by atoms with Gasteiger partial charge in [-0.1, -0.05) is 13.3 Å². The summed E-state index contributed by atoms with van der Waals surface area (Å²) in [5.41, 5.74) is 5.79. The maximum Gasteiger partial charge on any atom is 0.00106 e. The Morgan fingerprint density at radius 3 is 2.32 bits per heavy atom. The fourth-order valence-corrected chi connectivity index (χ4v) is 3.58. The van der Waals surface area contributed by atoms with E-state index in [-0.39, 0.29) is 0 Å². The van der Waals surface area contributed by atoms with Gasteiger partial charge >= 0.3 is 0 Å². The first-order valence-electron chi connectivity index (χ1n) is 8.46. The third-order valence-electron chi connectivity index (χ3n) is 5.19. The van der Waals surface area contributed by atoms with E-state index in [4.69, 9.17) is 5.73 Å². The summed E-state index contributed by atoms with van der Waals surface area (Å²) >= 11 is 0. The molecule has 2 N–H and O–H groups in total. The average Bonchev–Trinajstić information content (AvgIpc) is 2.95. The molecule has 0 saturated carbocycles. The molecule has 0 radical (unpaired) electrons. The second kappa shape index (κ2) is 8.23.